The maximum Gasteiger partial charge on any atom is 0.220 e. The fourth-order valence-corrected chi connectivity index (χ4v) is 0.919. The van der Waals surface area contributed by atoms with Crippen molar-refractivity contribution in [1.82, 2.24) is 5.32 Å². The molecule has 0 aliphatic rings. The molecule has 0 spiro atoms. The molecule has 1 amide bonds. The molecule has 74 valence electrons. The van der Waals surface area contributed by atoms with E-state index in [1.165, 1.54) is 6.08 Å². The van der Waals surface area contributed by atoms with Gasteiger partial charge < -0.3 is 5.32 Å². The van der Waals surface area contributed by atoms with Gasteiger partial charge in [-0.15, -0.1) is 0 Å². The van der Waals surface area contributed by atoms with Gasteiger partial charge in [-0.3, -0.25) is 9.59 Å². The van der Waals surface area contributed by atoms with Gasteiger partial charge in [-0.25, -0.2) is 0 Å². The first-order valence-corrected chi connectivity index (χ1v) is 4.51. The fourth-order valence-electron chi connectivity index (χ4n) is 0.919. The summed E-state index contributed by atoms with van der Waals surface area (Å²) in [5, 5.41) is 2.76. The molecule has 0 saturated carbocycles. The molecule has 0 rings (SSSR count). The molecule has 0 aliphatic heterocycles. The molecule has 0 aromatic heterocycles. The molecular weight excluding hydrogens is 166 g/mol. The number of hydrogen-bond acceptors (Lipinski definition) is 2. The Balaban J connectivity index is 3.48. The van der Waals surface area contributed by atoms with E-state index >= 15 is 0 Å². The molecule has 0 atom stereocenters. The largest absolute Gasteiger partial charge is 0.354 e. The molecular formula is C10H17NO2. The van der Waals surface area contributed by atoms with Crippen molar-refractivity contribution in [2.45, 2.75) is 39.2 Å². The van der Waals surface area contributed by atoms with Crippen molar-refractivity contribution >= 4 is 11.7 Å². The van der Waals surface area contributed by atoms with Gasteiger partial charge in [0.05, 0.1) is 0 Å². The van der Waals surface area contributed by atoms with Crippen LogP contribution in [0.5, 0.6) is 0 Å². The second-order valence-corrected chi connectivity index (χ2v) is 3.25. The van der Waals surface area contributed by atoms with E-state index in [1.807, 2.05) is 13.8 Å². The molecule has 0 bridgehead atoms. The first-order chi connectivity index (χ1) is 6.06. The molecule has 0 saturated heterocycles. The van der Waals surface area contributed by atoms with Gasteiger partial charge >= 0.3 is 0 Å². The Morgan fingerprint density at radius 3 is 2.46 bits per heavy atom. The molecule has 1 N–H and O–H groups in total. The molecule has 0 radical (unpaired) electrons. The van der Waals surface area contributed by atoms with Crippen LogP contribution in [0.4, 0.5) is 0 Å². The van der Waals surface area contributed by atoms with Gasteiger partial charge in [-0.05, 0) is 26.3 Å². The first-order valence-electron chi connectivity index (χ1n) is 4.51. The van der Waals surface area contributed by atoms with Gasteiger partial charge in [0.1, 0.15) is 0 Å². The van der Waals surface area contributed by atoms with E-state index in [4.69, 9.17) is 0 Å². The Hall–Kier alpha value is -1.12. The van der Waals surface area contributed by atoms with E-state index in [9.17, 15) is 9.59 Å². The van der Waals surface area contributed by atoms with Gasteiger partial charge in [0.15, 0.2) is 5.78 Å². The summed E-state index contributed by atoms with van der Waals surface area (Å²) in [6, 6.07) is 0.169. The van der Waals surface area contributed by atoms with Crippen molar-refractivity contribution in [3.63, 3.8) is 0 Å². The Labute approximate surface area is 79.2 Å². The minimum absolute atomic E-state index is 0.00246. The standard InChI is InChI=1S/C10H17NO2/c1-4-9(12)6-5-7-10(13)11-8(2)3/h4,8H,1,5-7H2,2-3H3,(H,11,13). The summed E-state index contributed by atoms with van der Waals surface area (Å²) in [6.45, 7) is 7.18. The monoisotopic (exact) mass is 183 g/mol. The summed E-state index contributed by atoms with van der Waals surface area (Å²) in [7, 11) is 0. The van der Waals surface area contributed by atoms with Crippen LogP contribution in [0.2, 0.25) is 0 Å². The van der Waals surface area contributed by atoms with Crippen LogP contribution in [0.3, 0.4) is 0 Å². The number of amides is 1. The molecule has 3 heteroatoms. The van der Waals surface area contributed by atoms with E-state index < -0.39 is 0 Å². The highest BCUT2D eigenvalue weighted by Gasteiger charge is 2.03. The van der Waals surface area contributed by atoms with Gasteiger partial charge in [0.2, 0.25) is 5.91 Å². The first kappa shape index (κ1) is 11.9. The zero-order valence-corrected chi connectivity index (χ0v) is 8.30. The van der Waals surface area contributed by atoms with Crippen LogP contribution in [0, 0.1) is 0 Å². The molecule has 0 aliphatic carbocycles. The summed E-state index contributed by atoms with van der Waals surface area (Å²) in [4.78, 5) is 21.8. The maximum absolute atomic E-state index is 11.1. The number of carbonyl (C=O) groups is 2. The van der Waals surface area contributed by atoms with Crippen LogP contribution < -0.4 is 5.32 Å². The van der Waals surface area contributed by atoms with Crippen LogP contribution in [0.15, 0.2) is 12.7 Å². The second kappa shape index (κ2) is 6.40. The SMILES string of the molecule is C=CC(=O)CCCC(=O)NC(C)C. The summed E-state index contributed by atoms with van der Waals surface area (Å²) < 4.78 is 0. The van der Waals surface area contributed by atoms with Crippen molar-refractivity contribution < 1.29 is 9.59 Å². The highest BCUT2D eigenvalue weighted by atomic mass is 16.1. The number of allylic oxidation sites excluding steroid dienone is 1. The lowest BCUT2D eigenvalue weighted by Gasteiger charge is -2.06. The van der Waals surface area contributed by atoms with Crippen molar-refractivity contribution in [2.75, 3.05) is 0 Å². The normalized spacial score (nSPS) is 9.77. The van der Waals surface area contributed by atoms with Crippen molar-refractivity contribution in [1.29, 1.82) is 0 Å². The number of nitrogens with one attached hydrogen (secondary N) is 1. The Kier molecular flexibility index (Phi) is 5.85. The highest BCUT2D eigenvalue weighted by molar-refractivity contribution is 5.89. The number of rotatable bonds is 6. The average molecular weight is 183 g/mol. The molecule has 0 unspecified atom stereocenters. The summed E-state index contributed by atoms with van der Waals surface area (Å²) >= 11 is 0. The van der Waals surface area contributed by atoms with E-state index in [0.717, 1.165) is 0 Å². The van der Waals surface area contributed by atoms with E-state index in [-0.39, 0.29) is 17.7 Å². The number of ketones is 1. The fraction of sp³-hybridized carbons (Fsp3) is 0.600. The minimum Gasteiger partial charge on any atom is -0.354 e. The molecule has 13 heavy (non-hydrogen) atoms. The maximum atomic E-state index is 11.1. The van der Waals surface area contributed by atoms with Crippen molar-refractivity contribution in [3.8, 4) is 0 Å². The lowest BCUT2D eigenvalue weighted by molar-refractivity contribution is -0.121. The smallest absolute Gasteiger partial charge is 0.220 e. The zero-order valence-electron chi connectivity index (χ0n) is 8.30. The van der Waals surface area contributed by atoms with E-state index in [2.05, 4.69) is 11.9 Å². The quantitative estimate of drug-likeness (QED) is 0.633. The third kappa shape index (κ3) is 7.25. The third-order valence-electron chi connectivity index (χ3n) is 1.50. The van der Waals surface area contributed by atoms with Crippen LogP contribution in [-0.4, -0.2) is 17.7 Å². The van der Waals surface area contributed by atoms with E-state index in [0.29, 0.717) is 19.3 Å². The summed E-state index contributed by atoms with van der Waals surface area (Å²) in [5.74, 6) is 0.00390. The average Bonchev–Trinajstić information content (AvgIpc) is 2.02. The number of hydrogen-bond donors (Lipinski definition) is 1. The topological polar surface area (TPSA) is 46.2 Å². The lowest BCUT2D eigenvalue weighted by atomic mass is 10.1. The highest BCUT2D eigenvalue weighted by Crippen LogP contribution is 1.97. The van der Waals surface area contributed by atoms with Crippen LogP contribution in [0.1, 0.15) is 33.1 Å². The van der Waals surface area contributed by atoms with E-state index in [1.54, 1.807) is 0 Å². The van der Waals surface area contributed by atoms with Crippen LogP contribution >= 0.6 is 0 Å². The van der Waals surface area contributed by atoms with Gasteiger partial charge in [0.25, 0.3) is 0 Å². The van der Waals surface area contributed by atoms with Crippen molar-refractivity contribution in [3.05, 3.63) is 12.7 Å². The molecule has 0 heterocycles. The van der Waals surface area contributed by atoms with Crippen LogP contribution in [0.25, 0.3) is 0 Å². The Morgan fingerprint density at radius 2 is 2.00 bits per heavy atom. The molecule has 0 aromatic carbocycles. The van der Waals surface area contributed by atoms with Gasteiger partial charge in [0, 0.05) is 18.9 Å². The Bertz CT molecular complexity index is 197. The summed E-state index contributed by atoms with van der Waals surface area (Å²) in [5.41, 5.74) is 0. The molecule has 0 fully saturated rings. The van der Waals surface area contributed by atoms with Crippen LogP contribution in [-0.2, 0) is 9.59 Å². The lowest BCUT2D eigenvalue weighted by Crippen LogP contribution is -2.29. The predicted molar refractivity (Wildman–Crippen MR) is 52.3 cm³/mol. The summed E-state index contributed by atoms with van der Waals surface area (Å²) in [6.07, 6.45) is 2.72. The minimum atomic E-state index is -0.00246. The number of carbonyl (C=O) groups excluding carboxylic acids is 2. The predicted octanol–water partition coefficient (Wildman–Crippen LogP) is 1.44. The van der Waals surface area contributed by atoms with Gasteiger partial charge in [-0.2, -0.15) is 0 Å². The molecule has 0 aromatic rings. The van der Waals surface area contributed by atoms with Gasteiger partial charge in [-0.1, -0.05) is 6.58 Å². The Morgan fingerprint density at radius 1 is 1.38 bits per heavy atom. The third-order valence-corrected chi connectivity index (χ3v) is 1.50. The molecule has 3 nitrogen and oxygen atoms in total. The zero-order chi connectivity index (χ0) is 10.3. The second-order valence-electron chi connectivity index (χ2n) is 3.25. The van der Waals surface area contributed by atoms with Crippen molar-refractivity contribution in [2.24, 2.45) is 0 Å².